The fraction of sp³-hybridized carbons (Fsp3) is 0.333. The second-order valence-corrected chi connectivity index (χ2v) is 9.79. The summed E-state index contributed by atoms with van der Waals surface area (Å²) in [5.74, 6) is 0.859. The Morgan fingerprint density at radius 3 is 2.26 bits per heavy atom. The van der Waals surface area contributed by atoms with Crippen molar-refractivity contribution in [3.63, 3.8) is 0 Å². The van der Waals surface area contributed by atoms with Crippen LogP contribution in [0, 0.1) is 16.7 Å². The van der Waals surface area contributed by atoms with Crippen molar-refractivity contribution in [2.24, 2.45) is 11.1 Å². The van der Waals surface area contributed by atoms with Gasteiger partial charge in [0.1, 0.15) is 5.82 Å². The number of benzene rings is 2. The van der Waals surface area contributed by atoms with Crippen LogP contribution in [0.1, 0.15) is 38.2 Å². The molecule has 0 spiro atoms. The number of ketones is 1. The molecule has 0 fully saturated rings. The predicted octanol–water partition coefficient (Wildman–Crippen LogP) is 5.31. The molecule has 0 saturated heterocycles. The molecule has 2 aromatic rings. The van der Waals surface area contributed by atoms with Crippen molar-refractivity contribution >= 4 is 23.1 Å². The normalized spacial score (nSPS) is 19.3. The summed E-state index contributed by atoms with van der Waals surface area (Å²) >= 11 is 6.56. The first-order valence-corrected chi connectivity index (χ1v) is 11.6. The predicted molar refractivity (Wildman–Crippen MR) is 135 cm³/mol. The van der Waals surface area contributed by atoms with E-state index in [1.54, 1.807) is 23.1 Å². The Bertz CT molecular complexity index is 1280. The van der Waals surface area contributed by atoms with E-state index in [2.05, 4.69) is 6.07 Å². The molecule has 0 bridgehead atoms. The zero-order chi connectivity index (χ0) is 25.5. The van der Waals surface area contributed by atoms with E-state index in [0.717, 1.165) is 5.70 Å². The number of carbonyl (C=O) groups is 1. The van der Waals surface area contributed by atoms with Gasteiger partial charge in [-0.2, -0.15) is 5.26 Å². The van der Waals surface area contributed by atoms with Crippen LogP contribution in [0.25, 0.3) is 0 Å². The molecule has 7 nitrogen and oxygen atoms in total. The number of rotatable bonds is 5. The second-order valence-electron chi connectivity index (χ2n) is 9.39. The number of nitrogens with two attached hydrogens (primary N) is 1. The monoisotopic (exact) mass is 493 g/mol. The molecule has 2 aliphatic rings. The Hall–Kier alpha value is -3.63. The summed E-state index contributed by atoms with van der Waals surface area (Å²) in [6, 6.07) is 13.0. The van der Waals surface area contributed by atoms with E-state index in [0.29, 0.717) is 51.9 Å². The van der Waals surface area contributed by atoms with E-state index in [9.17, 15) is 10.1 Å². The highest BCUT2D eigenvalue weighted by molar-refractivity contribution is 6.31. The lowest BCUT2D eigenvalue weighted by atomic mass is 9.68. The number of allylic oxidation sites excluding steroid dienone is 3. The largest absolute Gasteiger partial charge is 0.493 e. The van der Waals surface area contributed by atoms with Crippen LogP contribution in [0.5, 0.6) is 17.2 Å². The van der Waals surface area contributed by atoms with Crippen molar-refractivity contribution in [1.82, 2.24) is 0 Å². The molecule has 1 unspecified atom stereocenters. The minimum atomic E-state index is -0.648. The Balaban J connectivity index is 2.04. The first-order valence-electron chi connectivity index (χ1n) is 11.2. The van der Waals surface area contributed by atoms with Gasteiger partial charge < -0.3 is 19.9 Å². The average molecular weight is 494 g/mol. The van der Waals surface area contributed by atoms with Gasteiger partial charge >= 0.3 is 0 Å². The molecule has 0 amide bonds. The number of ether oxygens (including phenoxy) is 3. The summed E-state index contributed by atoms with van der Waals surface area (Å²) < 4.78 is 16.6. The first kappa shape index (κ1) is 24.5. The molecular weight excluding hydrogens is 466 g/mol. The van der Waals surface area contributed by atoms with Crippen molar-refractivity contribution < 1.29 is 19.0 Å². The van der Waals surface area contributed by atoms with Gasteiger partial charge in [-0.05, 0) is 23.5 Å². The highest BCUT2D eigenvalue weighted by Crippen LogP contribution is 2.52. The fourth-order valence-corrected chi connectivity index (χ4v) is 5.27. The van der Waals surface area contributed by atoms with Gasteiger partial charge in [-0.15, -0.1) is 0 Å². The quantitative estimate of drug-likeness (QED) is 0.602. The van der Waals surface area contributed by atoms with Crippen molar-refractivity contribution in [1.29, 1.82) is 5.26 Å². The lowest BCUT2D eigenvalue weighted by molar-refractivity contribution is -0.118. The zero-order valence-electron chi connectivity index (χ0n) is 20.4. The third kappa shape index (κ3) is 4.08. The van der Waals surface area contributed by atoms with Crippen molar-refractivity contribution in [3.8, 4) is 23.3 Å². The van der Waals surface area contributed by atoms with Crippen molar-refractivity contribution in [3.05, 3.63) is 69.6 Å². The Labute approximate surface area is 210 Å². The average Bonchev–Trinajstić information content (AvgIpc) is 2.82. The minimum Gasteiger partial charge on any atom is -0.493 e. The molecule has 1 aliphatic carbocycles. The molecule has 35 heavy (non-hydrogen) atoms. The van der Waals surface area contributed by atoms with Crippen LogP contribution in [0.2, 0.25) is 5.02 Å². The Morgan fingerprint density at radius 1 is 1.09 bits per heavy atom. The van der Waals surface area contributed by atoms with Crippen LogP contribution in [0.3, 0.4) is 0 Å². The molecule has 4 rings (SSSR count). The van der Waals surface area contributed by atoms with Gasteiger partial charge in [0.05, 0.1) is 44.6 Å². The molecular formula is C27H28ClN3O4. The third-order valence-corrected chi connectivity index (χ3v) is 6.85. The van der Waals surface area contributed by atoms with E-state index >= 15 is 0 Å². The van der Waals surface area contributed by atoms with Crippen LogP contribution in [-0.2, 0) is 4.79 Å². The molecule has 1 atom stereocenters. The van der Waals surface area contributed by atoms with Crippen molar-refractivity contribution in [2.75, 3.05) is 26.2 Å². The van der Waals surface area contributed by atoms with Gasteiger partial charge in [-0.25, -0.2) is 0 Å². The highest BCUT2D eigenvalue weighted by atomic mass is 35.5. The second kappa shape index (κ2) is 9.20. The zero-order valence-corrected chi connectivity index (χ0v) is 21.2. The van der Waals surface area contributed by atoms with Gasteiger partial charge in [-0.3, -0.25) is 9.69 Å². The maximum absolute atomic E-state index is 13.7. The number of carbonyl (C=O) groups excluding carboxylic acids is 1. The molecule has 1 aliphatic heterocycles. The smallest absolute Gasteiger partial charge is 0.203 e. The first-order chi connectivity index (χ1) is 16.7. The van der Waals surface area contributed by atoms with E-state index in [-0.39, 0.29) is 22.6 Å². The number of hydrogen-bond acceptors (Lipinski definition) is 7. The highest BCUT2D eigenvalue weighted by Gasteiger charge is 2.45. The van der Waals surface area contributed by atoms with Crippen LogP contribution in [0.15, 0.2) is 59.1 Å². The molecule has 182 valence electrons. The van der Waals surface area contributed by atoms with Crippen molar-refractivity contribution in [2.45, 2.75) is 32.6 Å². The van der Waals surface area contributed by atoms with Crippen LogP contribution in [0.4, 0.5) is 5.69 Å². The van der Waals surface area contributed by atoms with E-state index in [1.165, 1.54) is 21.3 Å². The molecule has 2 aromatic carbocycles. The number of nitrogens with zero attached hydrogens (tertiary/aromatic N) is 2. The standard InChI is InChI=1S/C27H28ClN3O4/c1-27(2)12-19-24(20(32)13-27)23(16-8-6-7-9-18(16)28)17(14-29)26(30)31(19)15-10-21(33-3)25(35-5)22(11-15)34-4/h6-11,23H,12-13,30H2,1-5H3. The molecule has 0 saturated carbocycles. The summed E-state index contributed by atoms with van der Waals surface area (Å²) in [4.78, 5) is 15.4. The molecule has 2 N–H and O–H groups in total. The number of halogens is 1. The lowest BCUT2D eigenvalue weighted by Crippen LogP contribution is -2.42. The lowest BCUT2D eigenvalue weighted by Gasteiger charge is -2.44. The molecule has 1 heterocycles. The van der Waals surface area contributed by atoms with Crippen LogP contribution >= 0.6 is 11.6 Å². The third-order valence-electron chi connectivity index (χ3n) is 6.50. The Morgan fingerprint density at radius 2 is 1.71 bits per heavy atom. The Kier molecular flexibility index (Phi) is 6.44. The summed E-state index contributed by atoms with van der Waals surface area (Å²) in [6.45, 7) is 4.10. The molecule has 0 radical (unpaired) electrons. The van der Waals surface area contributed by atoms with Gasteiger partial charge in [0.2, 0.25) is 5.75 Å². The SMILES string of the molecule is COc1cc(N2C(N)=C(C#N)C(c3ccccc3Cl)C3=C2CC(C)(C)CC3=O)cc(OC)c1OC. The summed E-state index contributed by atoms with van der Waals surface area (Å²) in [5, 5.41) is 10.7. The van der Waals surface area contributed by atoms with E-state index in [4.69, 9.17) is 31.5 Å². The van der Waals surface area contributed by atoms with Gasteiger partial charge in [0.25, 0.3) is 0 Å². The van der Waals surface area contributed by atoms with Crippen LogP contribution < -0.4 is 24.8 Å². The fourth-order valence-electron chi connectivity index (χ4n) is 5.02. The van der Waals surface area contributed by atoms with E-state index in [1.807, 2.05) is 32.0 Å². The van der Waals surface area contributed by atoms with E-state index < -0.39 is 5.92 Å². The topological polar surface area (TPSA) is 97.8 Å². The minimum absolute atomic E-state index is 0.0288. The number of methoxy groups -OCH3 is 3. The number of hydrogen-bond donors (Lipinski definition) is 1. The van der Waals surface area contributed by atoms with Gasteiger partial charge in [0, 0.05) is 34.8 Å². The molecule has 8 heteroatoms. The maximum atomic E-state index is 13.7. The van der Waals surface area contributed by atoms with Gasteiger partial charge in [-0.1, -0.05) is 43.6 Å². The number of Topliss-reactive ketones (excluding diaryl/α,β-unsaturated/α-hetero) is 1. The number of anilines is 1. The van der Waals surface area contributed by atoms with Crippen LogP contribution in [-0.4, -0.2) is 27.1 Å². The maximum Gasteiger partial charge on any atom is 0.203 e. The summed E-state index contributed by atoms with van der Waals surface area (Å²) in [6.07, 6.45) is 0.930. The van der Waals surface area contributed by atoms with Gasteiger partial charge in [0.15, 0.2) is 17.3 Å². The summed E-state index contributed by atoms with van der Waals surface area (Å²) in [7, 11) is 4.59. The summed E-state index contributed by atoms with van der Waals surface area (Å²) in [5.41, 5.74) is 9.23. The number of nitriles is 1. The molecule has 0 aromatic heterocycles.